The third-order valence-electron chi connectivity index (χ3n) is 1.80. The summed E-state index contributed by atoms with van der Waals surface area (Å²) in [5, 5.41) is 0. The molecule has 0 aliphatic heterocycles. The zero-order chi connectivity index (χ0) is 9.40. The van der Waals surface area contributed by atoms with E-state index in [2.05, 4.69) is 13.8 Å². The largest absolute Gasteiger partial charge is 0.343 e. The molecule has 0 saturated carbocycles. The van der Waals surface area contributed by atoms with E-state index in [-0.39, 0.29) is 0 Å². The van der Waals surface area contributed by atoms with E-state index in [1.54, 1.807) is 0 Å². The molecular formula is C10H21NO. The lowest BCUT2D eigenvalue weighted by molar-refractivity contribution is -0.131. The molecule has 1 amide bonds. The molecule has 12 heavy (non-hydrogen) atoms. The molecular weight excluding hydrogens is 149 g/mol. The van der Waals surface area contributed by atoms with Crippen LogP contribution in [0.4, 0.5) is 0 Å². The summed E-state index contributed by atoms with van der Waals surface area (Å²) in [7, 11) is 0. The summed E-state index contributed by atoms with van der Waals surface area (Å²) in [6.07, 6.45) is 3.80. The van der Waals surface area contributed by atoms with Crippen molar-refractivity contribution in [2.75, 3.05) is 13.1 Å². The van der Waals surface area contributed by atoms with Crippen LogP contribution in [0.3, 0.4) is 0 Å². The van der Waals surface area contributed by atoms with E-state index in [0.717, 1.165) is 32.4 Å². The fourth-order valence-electron chi connectivity index (χ4n) is 1.27. The second kappa shape index (κ2) is 7.14. The molecule has 0 bridgehead atoms. The lowest BCUT2D eigenvalue weighted by Crippen LogP contribution is -2.32. The van der Waals surface area contributed by atoms with Gasteiger partial charge in [-0.25, -0.2) is 0 Å². The number of nitrogens with zero attached hydrogens (tertiary/aromatic N) is 1. The standard InChI is InChI=1S/C10H21NO/c1-4-7-10(12)11(8-5-2)9-6-3/h4-9H2,1-3H3/i10-1. The highest BCUT2D eigenvalue weighted by atomic mass is 16.1. The van der Waals surface area contributed by atoms with Gasteiger partial charge in [-0.2, -0.15) is 0 Å². The Hall–Kier alpha value is -0.530. The minimum atomic E-state index is 0.321. The second-order valence-corrected chi connectivity index (χ2v) is 3.13. The van der Waals surface area contributed by atoms with Gasteiger partial charge in [-0.05, 0) is 19.3 Å². The molecule has 0 aliphatic rings. The quantitative estimate of drug-likeness (QED) is 0.599. The zero-order valence-electron chi connectivity index (χ0n) is 8.60. The molecule has 2 nitrogen and oxygen atoms in total. The molecule has 0 N–H and O–H groups in total. The van der Waals surface area contributed by atoms with E-state index in [1.807, 2.05) is 11.8 Å². The van der Waals surface area contributed by atoms with Crippen LogP contribution in [0.15, 0.2) is 0 Å². The molecule has 0 heterocycles. The molecule has 0 rings (SSSR count). The first-order valence-corrected chi connectivity index (χ1v) is 5.04. The fraction of sp³-hybridized carbons (Fsp3) is 0.900. The Bertz CT molecular complexity index is 117. The van der Waals surface area contributed by atoms with Crippen LogP contribution in [0.5, 0.6) is 0 Å². The Labute approximate surface area is 75.9 Å². The van der Waals surface area contributed by atoms with Crippen molar-refractivity contribution in [1.82, 2.24) is 4.90 Å². The van der Waals surface area contributed by atoms with Crippen LogP contribution in [-0.4, -0.2) is 23.9 Å². The third-order valence-corrected chi connectivity index (χ3v) is 1.80. The van der Waals surface area contributed by atoms with Crippen LogP contribution in [0.2, 0.25) is 0 Å². The van der Waals surface area contributed by atoms with Crippen molar-refractivity contribution >= 4 is 5.91 Å². The lowest BCUT2D eigenvalue weighted by Gasteiger charge is -2.20. The maximum atomic E-state index is 11.4. The van der Waals surface area contributed by atoms with Crippen molar-refractivity contribution in [3.05, 3.63) is 0 Å². The van der Waals surface area contributed by atoms with Crippen molar-refractivity contribution in [3.8, 4) is 0 Å². The molecule has 0 saturated heterocycles. The highest BCUT2D eigenvalue weighted by Crippen LogP contribution is 2.00. The topological polar surface area (TPSA) is 20.3 Å². The van der Waals surface area contributed by atoms with Crippen LogP contribution in [0.25, 0.3) is 0 Å². The second-order valence-electron chi connectivity index (χ2n) is 3.13. The predicted octanol–water partition coefficient (Wildman–Crippen LogP) is 2.44. The number of rotatable bonds is 6. The maximum Gasteiger partial charge on any atom is 0.222 e. The smallest absolute Gasteiger partial charge is 0.222 e. The fourth-order valence-corrected chi connectivity index (χ4v) is 1.27. The van der Waals surface area contributed by atoms with E-state index in [1.165, 1.54) is 0 Å². The molecule has 0 aromatic carbocycles. The molecule has 0 atom stereocenters. The van der Waals surface area contributed by atoms with Crippen LogP contribution in [0.1, 0.15) is 46.5 Å². The Morgan fingerprint density at radius 1 is 1.00 bits per heavy atom. The molecule has 0 unspecified atom stereocenters. The molecule has 72 valence electrons. The average molecular weight is 170 g/mol. The first-order chi connectivity index (χ1) is 5.76. The van der Waals surface area contributed by atoms with Gasteiger partial charge in [0, 0.05) is 19.5 Å². The summed E-state index contributed by atoms with van der Waals surface area (Å²) < 4.78 is 0. The van der Waals surface area contributed by atoms with Gasteiger partial charge in [-0.1, -0.05) is 20.8 Å². The molecule has 0 fully saturated rings. The first kappa shape index (κ1) is 11.5. The summed E-state index contributed by atoms with van der Waals surface area (Å²) in [5.74, 6) is 0.321. The van der Waals surface area contributed by atoms with Gasteiger partial charge < -0.3 is 4.90 Å². The SMILES string of the molecule is CCC[11C](=O)N(CCC)CCC. The number of carbonyl (C=O) groups excluding carboxylic acids is 1. The number of amides is 1. The summed E-state index contributed by atoms with van der Waals surface area (Å²) in [6, 6.07) is 0. The minimum absolute atomic E-state index is 0.321. The first-order valence-electron chi connectivity index (χ1n) is 5.04. The maximum absolute atomic E-state index is 11.4. The zero-order valence-corrected chi connectivity index (χ0v) is 8.60. The number of carbonyl (C=O) groups is 1. The Balaban J connectivity index is 3.81. The molecule has 2 heteroatoms. The van der Waals surface area contributed by atoms with Gasteiger partial charge in [0.25, 0.3) is 0 Å². The minimum Gasteiger partial charge on any atom is -0.343 e. The van der Waals surface area contributed by atoms with E-state index in [0.29, 0.717) is 12.3 Å². The number of hydrogen-bond donors (Lipinski definition) is 0. The van der Waals surface area contributed by atoms with Crippen molar-refractivity contribution in [3.63, 3.8) is 0 Å². The van der Waals surface area contributed by atoms with Gasteiger partial charge in [0.05, 0.1) is 0 Å². The van der Waals surface area contributed by atoms with Crippen LogP contribution < -0.4 is 0 Å². The highest BCUT2D eigenvalue weighted by molar-refractivity contribution is 5.76. The van der Waals surface area contributed by atoms with Crippen molar-refractivity contribution in [2.45, 2.75) is 46.5 Å². The summed E-state index contributed by atoms with van der Waals surface area (Å²) >= 11 is 0. The van der Waals surface area contributed by atoms with E-state index in [9.17, 15) is 4.79 Å². The van der Waals surface area contributed by atoms with Crippen molar-refractivity contribution in [1.29, 1.82) is 0 Å². The monoisotopic (exact) mass is 170 g/mol. The molecule has 0 aromatic heterocycles. The highest BCUT2D eigenvalue weighted by Gasteiger charge is 2.09. The van der Waals surface area contributed by atoms with E-state index >= 15 is 0 Å². The Morgan fingerprint density at radius 3 is 1.83 bits per heavy atom. The molecule has 0 aliphatic carbocycles. The Morgan fingerprint density at radius 2 is 1.50 bits per heavy atom. The van der Waals surface area contributed by atoms with Crippen LogP contribution in [0, 0.1) is 0 Å². The van der Waals surface area contributed by atoms with Crippen LogP contribution in [-0.2, 0) is 4.79 Å². The van der Waals surface area contributed by atoms with Crippen LogP contribution >= 0.6 is 0 Å². The van der Waals surface area contributed by atoms with Gasteiger partial charge in [-0.15, -0.1) is 0 Å². The van der Waals surface area contributed by atoms with Gasteiger partial charge >= 0.3 is 0 Å². The number of hydrogen-bond acceptors (Lipinski definition) is 1. The van der Waals surface area contributed by atoms with Crippen molar-refractivity contribution < 1.29 is 4.79 Å². The van der Waals surface area contributed by atoms with E-state index < -0.39 is 0 Å². The van der Waals surface area contributed by atoms with Gasteiger partial charge in [0.1, 0.15) is 0 Å². The molecule has 0 radical (unpaired) electrons. The normalized spacial score (nSPS) is 9.92. The summed E-state index contributed by atoms with van der Waals surface area (Å²) in [6.45, 7) is 8.12. The Kier molecular flexibility index (Phi) is 6.82. The predicted molar refractivity (Wildman–Crippen MR) is 52.1 cm³/mol. The average Bonchev–Trinajstić information content (AvgIpc) is 2.04. The summed E-state index contributed by atoms with van der Waals surface area (Å²) in [4.78, 5) is 13.4. The molecule has 0 aromatic rings. The summed E-state index contributed by atoms with van der Waals surface area (Å²) in [5.41, 5.74) is 0. The molecule has 0 spiro atoms. The van der Waals surface area contributed by atoms with Gasteiger partial charge in [0.15, 0.2) is 0 Å². The van der Waals surface area contributed by atoms with Gasteiger partial charge in [0.2, 0.25) is 5.91 Å². The third kappa shape index (κ3) is 4.37. The van der Waals surface area contributed by atoms with Gasteiger partial charge in [-0.3, -0.25) is 4.79 Å². The van der Waals surface area contributed by atoms with Crippen molar-refractivity contribution in [2.24, 2.45) is 0 Å². The van der Waals surface area contributed by atoms with E-state index in [4.69, 9.17) is 0 Å². The lowest BCUT2D eigenvalue weighted by atomic mass is 9.90.